The van der Waals surface area contributed by atoms with Crippen LogP contribution in [0.15, 0.2) is 0 Å². The summed E-state index contributed by atoms with van der Waals surface area (Å²) in [7, 11) is 0. The van der Waals surface area contributed by atoms with Crippen LogP contribution < -0.4 is 5.32 Å². The number of carbonyl (C=O) groups is 1. The Kier molecular flexibility index (Phi) is 8.77. The topological polar surface area (TPSA) is 60.0 Å². The molecule has 6 heteroatoms. The minimum absolute atomic E-state index is 0.149. The van der Waals surface area contributed by atoms with E-state index in [2.05, 4.69) is 10.2 Å². The van der Waals surface area contributed by atoms with Crippen molar-refractivity contribution in [2.24, 2.45) is 0 Å². The second kappa shape index (κ2) is 10.1. The minimum atomic E-state index is -0.201. The van der Waals surface area contributed by atoms with Crippen molar-refractivity contribution in [3.8, 4) is 0 Å². The third kappa shape index (κ3) is 5.75. The lowest BCUT2D eigenvalue weighted by molar-refractivity contribution is -0.154. The quantitative estimate of drug-likeness (QED) is 0.495. The Hall–Kier alpha value is -0.690. The maximum Gasteiger partial charge on any atom is 0.324 e. The standard InChI is InChI=1S/C14H28N2O4/c1-4-18-13(19-5-2)7-9-16-10-8-15-11-12(16)14(17)20-6-3/h12-13,15H,4-11H2,1-3H3. The van der Waals surface area contributed by atoms with E-state index in [0.717, 1.165) is 26.1 Å². The van der Waals surface area contributed by atoms with E-state index in [0.29, 0.717) is 26.4 Å². The highest BCUT2D eigenvalue weighted by atomic mass is 16.7. The molecule has 1 rings (SSSR count). The summed E-state index contributed by atoms with van der Waals surface area (Å²) in [6.45, 7) is 10.6. The molecular weight excluding hydrogens is 260 g/mol. The van der Waals surface area contributed by atoms with Gasteiger partial charge in [0.25, 0.3) is 0 Å². The molecule has 0 bridgehead atoms. The van der Waals surface area contributed by atoms with Gasteiger partial charge in [-0.1, -0.05) is 0 Å². The Morgan fingerprint density at radius 2 is 1.95 bits per heavy atom. The summed E-state index contributed by atoms with van der Waals surface area (Å²) < 4.78 is 16.2. The normalized spacial score (nSPS) is 20.3. The Morgan fingerprint density at radius 3 is 2.55 bits per heavy atom. The third-order valence-corrected chi connectivity index (χ3v) is 3.27. The SMILES string of the molecule is CCOC(=O)C1CNCCN1CCC(OCC)OCC. The van der Waals surface area contributed by atoms with E-state index in [-0.39, 0.29) is 18.3 Å². The molecule has 0 aromatic carbocycles. The van der Waals surface area contributed by atoms with Gasteiger partial charge < -0.3 is 19.5 Å². The fourth-order valence-electron chi connectivity index (χ4n) is 2.34. The van der Waals surface area contributed by atoms with E-state index in [1.54, 1.807) is 0 Å². The van der Waals surface area contributed by atoms with Crippen LogP contribution >= 0.6 is 0 Å². The molecule has 1 N–H and O–H groups in total. The number of ether oxygens (including phenoxy) is 3. The highest BCUT2D eigenvalue weighted by Crippen LogP contribution is 2.10. The molecule has 1 saturated heterocycles. The zero-order valence-electron chi connectivity index (χ0n) is 12.9. The molecule has 6 nitrogen and oxygen atoms in total. The number of piperazine rings is 1. The van der Waals surface area contributed by atoms with Crippen LogP contribution in [0, 0.1) is 0 Å². The molecule has 0 spiro atoms. The van der Waals surface area contributed by atoms with Crippen molar-refractivity contribution < 1.29 is 19.0 Å². The number of rotatable bonds is 9. The van der Waals surface area contributed by atoms with Gasteiger partial charge in [-0.25, -0.2) is 0 Å². The van der Waals surface area contributed by atoms with Gasteiger partial charge in [0.15, 0.2) is 6.29 Å². The lowest BCUT2D eigenvalue weighted by Gasteiger charge is -2.35. The molecule has 1 unspecified atom stereocenters. The molecule has 0 saturated carbocycles. The molecule has 0 amide bonds. The highest BCUT2D eigenvalue weighted by molar-refractivity contribution is 5.76. The molecule has 1 aliphatic rings. The Bertz CT molecular complexity index is 270. The molecule has 20 heavy (non-hydrogen) atoms. The summed E-state index contributed by atoms with van der Waals surface area (Å²) in [4.78, 5) is 14.1. The van der Waals surface area contributed by atoms with Crippen LogP contribution in [0.3, 0.4) is 0 Å². The van der Waals surface area contributed by atoms with Crippen molar-refractivity contribution >= 4 is 5.97 Å². The lowest BCUT2D eigenvalue weighted by Crippen LogP contribution is -2.55. The van der Waals surface area contributed by atoms with Gasteiger partial charge in [-0.15, -0.1) is 0 Å². The predicted octanol–water partition coefficient (Wildman–Crippen LogP) is 0.613. The first kappa shape index (κ1) is 17.4. The number of nitrogens with one attached hydrogen (secondary N) is 1. The summed E-state index contributed by atoms with van der Waals surface area (Å²) >= 11 is 0. The second-order valence-corrected chi connectivity index (χ2v) is 4.64. The summed E-state index contributed by atoms with van der Waals surface area (Å²) in [5, 5.41) is 3.24. The summed E-state index contributed by atoms with van der Waals surface area (Å²) in [6, 6.07) is -0.201. The maximum atomic E-state index is 11.9. The third-order valence-electron chi connectivity index (χ3n) is 3.27. The molecule has 0 aromatic rings. The van der Waals surface area contributed by atoms with Crippen LogP contribution in [0.1, 0.15) is 27.2 Å². The van der Waals surface area contributed by atoms with Gasteiger partial charge >= 0.3 is 5.97 Å². The smallest absolute Gasteiger partial charge is 0.324 e. The van der Waals surface area contributed by atoms with Gasteiger partial charge in [0.1, 0.15) is 6.04 Å². The average molecular weight is 288 g/mol. The van der Waals surface area contributed by atoms with E-state index in [9.17, 15) is 4.79 Å². The fourth-order valence-corrected chi connectivity index (χ4v) is 2.34. The zero-order valence-corrected chi connectivity index (χ0v) is 12.9. The highest BCUT2D eigenvalue weighted by Gasteiger charge is 2.29. The molecule has 1 aliphatic heterocycles. The molecule has 118 valence electrons. The first-order valence-electron chi connectivity index (χ1n) is 7.57. The first-order valence-corrected chi connectivity index (χ1v) is 7.57. The average Bonchev–Trinajstić information content (AvgIpc) is 2.46. The summed E-state index contributed by atoms with van der Waals surface area (Å²) in [5.41, 5.74) is 0. The summed E-state index contributed by atoms with van der Waals surface area (Å²) in [6.07, 6.45) is 0.570. The van der Waals surface area contributed by atoms with Crippen LogP contribution in [0.25, 0.3) is 0 Å². The Labute approximate surface area is 121 Å². The van der Waals surface area contributed by atoms with Crippen LogP contribution in [0.5, 0.6) is 0 Å². The van der Waals surface area contributed by atoms with Gasteiger partial charge in [0, 0.05) is 45.8 Å². The fraction of sp³-hybridized carbons (Fsp3) is 0.929. The van der Waals surface area contributed by atoms with E-state index in [1.165, 1.54) is 0 Å². The number of hydrogen-bond acceptors (Lipinski definition) is 6. The molecule has 1 fully saturated rings. The second-order valence-electron chi connectivity index (χ2n) is 4.64. The molecule has 0 aromatic heterocycles. The van der Waals surface area contributed by atoms with Crippen molar-refractivity contribution in [1.29, 1.82) is 0 Å². The van der Waals surface area contributed by atoms with Crippen molar-refractivity contribution in [2.45, 2.75) is 39.5 Å². The molecule has 1 heterocycles. The van der Waals surface area contributed by atoms with E-state index in [4.69, 9.17) is 14.2 Å². The Morgan fingerprint density at radius 1 is 1.25 bits per heavy atom. The first-order chi connectivity index (χ1) is 9.72. The van der Waals surface area contributed by atoms with Gasteiger partial charge in [-0.3, -0.25) is 9.69 Å². The van der Waals surface area contributed by atoms with Gasteiger partial charge in [-0.2, -0.15) is 0 Å². The predicted molar refractivity (Wildman–Crippen MR) is 76.5 cm³/mol. The van der Waals surface area contributed by atoms with Gasteiger partial charge in [-0.05, 0) is 20.8 Å². The van der Waals surface area contributed by atoms with Crippen LogP contribution in [0.2, 0.25) is 0 Å². The maximum absolute atomic E-state index is 11.9. The molecule has 0 radical (unpaired) electrons. The van der Waals surface area contributed by atoms with E-state index >= 15 is 0 Å². The lowest BCUT2D eigenvalue weighted by atomic mass is 10.2. The summed E-state index contributed by atoms with van der Waals surface area (Å²) in [5.74, 6) is -0.149. The van der Waals surface area contributed by atoms with Crippen LogP contribution in [0.4, 0.5) is 0 Å². The van der Waals surface area contributed by atoms with E-state index < -0.39 is 0 Å². The Balaban J connectivity index is 2.46. The number of esters is 1. The molecule has 0 aliphatic carbocycles. The molecule has 1 atom stereocenters. The monoisotopic (exact) mass is 288 g/mol. The number of carbonyl (C=O) groups excluding carboxylic acids is 1. The minimum Gasteiger partial charge on any atom is -0.465 e. The molecular formula is C14H28N2O4. The number of hydrogen-bond donors (Lipinski definition) is 1. The van der Waals surface area contributed by atoms with Gasteiger partial charge in [0.2, 0.25) is 0 Å². The van der Waals surface area contributed by atoms with Crippen molar-refractivity contribution in [3.63, 3.8) is 0 Å². The largest absolute Gasteiger partial charge is 0.465 e. The zero-order chi connectivity index (χ0) is 14.8. The number of nitrogens with zero attached hydrogens (tertiary/aromatic N) is 1. The van der Waals surface area contributed by atoms with Crippen molar-refractivity contribution in [3.05, 3.63) is 0 Å². The van der Waals surface area contributed by atoms with Gasteiger partial charge in [0.05, 0.1) is 6.61 Å². The van der Waals surface area contributed by atoms with Crippen LogP contribution in [-0.4, -0.2) is 69.2 Å². The van der Waals surface area contributed by atoms with Crippen molar-refractivity contribution in [1.82, 2.24) is 10.2 Å². The van der Waals surface area contributed by atoms with Crippen molar-refractivity contribution in [2.75, 3.05) is 46.0 Å². The van der Waals surface area contributed by atoms with Crippen LogP contribution in [-0.2, 0) is 19.0 Å². The van der Waals surface area contributed by atoms with E-state index in [1.807, 2.05) is 20.8 Å².